The second kappa shape index (κ2) is 5.99. The van der Waals surface area contributed by atoms with Gasteiger partial charge in [0.25, 0.3) is 5.89 Å². The van der Waals surface area contributed by atoms with Gasteiger partial charge in [0.05, 0.1) is 0 Å². The van der Waals surface area contributed by atoms with E-state index < -0.39 is 0 Å². The molecule has 0 unspecified atom stereocenters. The maximum Gasteiger partial charge on any atom is 0.250 e. The lowest BCUT2D eigenvalue weighted by Crippen LogP contribution is -2.24. The first kappa shape index (κ1) is 15.2. The van der Waals surface area contributed by atoms with E-state index in [1.54, 1.807) is 4.80 Å². The Kier molecular flexibility index (Phi) is 3.49. The van der Waals surface area contributed by atoms with E-state index in [-0.39, 0.29) is 0 Å². The van der Waals surface area contributed by atoms with E-state index in [0.717, 1.165) is 41.8 Å². The maximum atomic E-state index is 5.46. The topological polar surface area (TPSA) is 94.5 Å². The molecule has 0 spiro atoms. The lowest BCUT2D eigenvalue weighted by molar-refractivity contribution is 0.359. The number of nitrogens with one attached hydrogen (secondary N) is 1. The van der Waals surface area contributed by atoms with Gasteiger partial charge in [0.15, 0.2) is 0 Å². The van der Waals surface area contributed by atoms with Crippen LogP contribution in [-0.2, 0) is 19.5 Å². The van der Waals surface area contributed by atoms with E-state index in [1.165, 1.54) is 11.1 Å². The van der Waals surface area contributed by atoms with Crippen molar-refractivity contribution in [2.45, 2.75) is 26.4 Å². The quantitative estimate of drug-likeness (QED) is 0.604. The molecule has 1 N–H and O–H groups in total. The molecule has 0 atom stereocenters. The highest BCUT2D eigenvalue weighted by atomic mass is 16.5. The molecule has 4 heterocycles. The second-order valence-corrected chi connectivity index (χ2v) is 6.38. The zero-order valence-corrected chi connectivity index (χ0v) is 14.3. The fraction of sp³-hybridized carbons (Fsp3) is 0.278. The van der Waals surface area contributed by atoms with Crippen LogP contribution in [0.4, 0.5) is 0 Å². The lowest BCUT2D eigenvalue weighted by atomic mass is 9.95. The van der Waals surface area contributed by atoms with Gasteiger partial charge in [-0.1, -0.05) is 17.3 Å². The van der Waals surface area contributed by atoms with Crippen LogP contribution in [0.5, 0.6) is 0 Å². The van der Waals surface area contributed by atoms with Crippen LogP contribution in [0.1, 0.15) is 22.7 Å². The summed E-state index contributed by atoms with van der Waals surface area (Å²) < 4.78 is 5.46. The van der Waals surface area contributed by atoms with E-state index in [0.29, 0.717) is 18.3 Å². The predicted octanol–water partition coefficient (Wildman–Crippen LogP) is 1.88. The van der Waals surface area contributed by atoms with Crippen molar-refractivity contribution in [1.82, 2.24) is 35.4 Å². The summed E-state index contributed by atoms with van der Waals surface area (Å²) in [7, 11) is 0. The van der Waals surface area contributed by atoms with Crippen molar-refractivity contribution in [3.63, 3.8) is 0 Å². The third-order valence-electron chi connectivity index (χ3n) is 4.63. The minimum atomic E-state index is 0.338. The van der Waals surface area contributed by atoms with Gasteiger partial charge in [-0.2, -0.15) is 20.0 Å². The molecular weight excluding hydrogens is 330 g/mol. The Morgan fingerprint density at radius 3 is 2.81 bits per heavy atom. The Labute approximate surface area is 149 Å². The highest BCUT2D eigenvalue weighted by molar-refractivity contribution is 5.73. The maximum absolute atomic E-state index is 5.46. The molecule has 26 heavy (non-hydrogen) atoms. The standard InChI is InChI=1S/C18H17N7O/c1-11-17(13-6-7-19-8-12(13)9-20-11)18-21-16(26-24-18)10-25-22-14-4-2-3-5-15(14)23-25/h2-5,9,19H,6-8,10H2,1H3. The lowest BCUT2D eigenvalue weighted by Gasteiger charge is -2.19. The molecule has 0 fully saturated rings. The van der Waals surface area contributed by atoms with Crippen LogP contribution < -0.4 is 5.32 Å². The van der Waals surface area contributed by atoms with Crippen molar-refractivity contribution in [2.24, 2.45) is 0 Å². The fourth-order valence-corrected chi connectivity index (χ4v) is 3.38. The monoisotopic (exact) mass is 347 g/mol. The zero-order valence-electron chi connectivity index (χ0n) is 14.3. The average molecular weight is 347 g/mol. The molecule has 130 valence electrons. The highest BCUT2D eigenvalue weighted by Gasteiger charge is 2.21. The van der Waals surface area contributed by atoms with Gasteiger partial charge in [-0.25, -0.2) is 0 Å². The predicted molar refractivity (Wildman–Crippen MR) is 94.3 cm³/mol. The molecule has 3 aromatic heterocycles. The van der Waals surface area contributed by atoms with E-state index in [4.69, 9.17) is 4.52 Å². The van der Waals surface area contributed by atoms with Crippen LogP contribution in [-0.4, -0.2) is 36.7 Å². The summed E-state index contributed by atoms with van der Waals surface area (Å²) in [5.74, 6) is 1.06. The van der Waals surface area contributed by atoms with Crippen LogP contribution in [0.15, 0.2) is 35.0 Å². The van der Waals surface area contributed by atoms with Gasteiger partial charge < -0.3 is 9.84 Å². The number of rotatable bonds is 3. The Morgan fingerprint density at radius 2 is 2.00 bits per heavy atom. The first-order valence-electron chi connectivity index (χ1n) is 8.59. The minimum absolute atomic E-state index is 0.338. The number of benzene rings is 1. The molecule has 5 rings (SSSR count). The van der Waals surface area contributed by atoms with E-state index in [2.05, 4.69) is 30.6 Å². The number of aryl methyl sites for hydroxylation is 1. The molecule has 0 radical (unpaired) electrons. The van der Waals surface area contributed by atoms with Crippen LogP contribution in [0, 0.1) is 6.92 Å². The van der Waals surface area contributed by atoms with Crippen LogP contribution in [0.3, 0.4) is 0 Å². The number of aromatic nitrogens is 6. The van der Waals surface area contributed by atoms with Crippen molar-refractivity contribution in [1.29, 1.82) is 0 Å². The summed E-state index contributed by atoms with van der Waals surface area (Å²) in [4.78, 5) is 10.7. The van der Waals surface area contributed by atoms with Crippen molar-refractivity contribution in [2.75, 3.05) is 6.54 Å². The van der Waals surface area contributed by atoms with Gasteiger partial charge >= 0.3 is 0 Å². The summed E-state index contributed by atoms with van der Waals surface area (Å²) in [5, 5.41) is 16.4. The largest absolute Gasteiger partial charge is 0.337 e. The van der Waals surface area contributed by atoms with E-state index in [1.807, 2.05) is 37.4 Å². The first-order chi connectivity index (χ1) is 12.8. The number of nitrogens with zero attached hydrogens (tertiary/aromatic N) is 6. The van der Waals surface area contributed by atoms with Crippen molar-refractivity contribution in [3.8, 4) is 11.4 Å². The average Bonchev–Trinajstić information content (AvgIpc) is 3.28. The molecule has 0 saturated heterocycles. The smallest absolute Gasteiger partial charge is 0.250 e. The third-order valence-corrected chi connectivity index (χ3v) is 4.63. The summed E-state index contributed by atoms with van der Waals surface area (Å²) in [6.45, 7) is 4.09. The molecule has 8 nitrogen and oxygen atoms in total. The Morgan fingerprint density at radius 1 is 1.19 bits per heavy atom. The Bertz CT molecular complexity index is 1070. The summed E-state index contributed by atoms with van der Waals surface area (Å²) in [6.07, 6.45) is 2.87. The number of pyridine rings is 1. The van der Waals surface area contributed by atoms with Gasteiger partial charge in [-0.3, -0.25) is 4.98 Å². The molecule has 1 aliphatic heterocycles. The third kappa shape index (κ3) is 2.55. The van der Waals surface area contributed by atoms with Gasteiger partial charge in [0.1, 0.15) is 17.6 Å². The Balaban J connectivity index is 1.49. The summed E-state index contributed by atoms with van der Waals surface area (Å²) in [5.41, 5.74) is 6.04. The number of hydrogen-bond acceptors (Lipinski definition) is 7. The first-order valence-corrected chi connectivity index (χ1v) is 8.59. The van der Waals surface area contributed by atoms with E-state index >= 15 is 0 Å². The van der Waals surface area contributed by atoms with Gasteiger partial charge in [0, 0.05) is 24.0 Å². The molecule has 0 saturated carbocycles. The number of hydrogen-bond donors (Lipinski definition) is 1. The molecule has 1 aliphatic rings. The summed E-state index contributed by atoms with van der Waals surface area (Å²) >= 11 is 0. The second-order valence-electron chi connectivity index (χ2n) is 6.38. The van der Waals surface area contributed by atoms with E-state index in [9.17, 15) is 0 Å². The van der Waals surface area contributed by atoms with Crippen molar-refractivity contribution < 1.29 is 4.52 Å². The molecule has 0 bridgehead atoms. The normalized spacial score (nSPS) is 13.9. The molecule has 1 aromatic carbocycles. The molecule has 8 heteroatoms. The van der Waals surface area contributed by atoms with Gasteiger partial charge in [0.2, 0.25) is 5.82 Å². The van der Waals surface area contributed by atoms with Crippen LogP contribution in [0.2, 0.25) is 0 Å². The Hall–Kier alpha value is -3.13. The summed E-state index contributed by atoms with van der Waals surface area (Å²) in [6, 6.07) is 7.74. The van der Waals surface area contributed by atoms with Crippen LogP contribution >= 0.6 is 0 Å². The molecule has 0 aliphatic carbocycles. The van der Waals surface area contributed by atoms with Gasteiger partial charge in [-0.15, -0.1) is 0 Å². The zero-order chi connectivity index (χ0) is 17.5. The van der Waals surface area contributed by atoms with Gasteiger partial charge in [-0.05, 0) is 43.1 Å². The molecule has 4 aromatic rings. The fourth-order valence-electron chi connectivity index (χ4n) is 3.38. The minimum Gasteiger partial charge on any atom is -0.337 e. The highest BCUT2D eigenvalue weighted by Crippen LogP contribution is 2.28. The SMILES string of the molecule is Cc1ncc2c(c1-c1noc(Cn3nc4ccccc4n3)n1)CCNC2. The van der Waals surface area contributed by atoms with Crippen molar-refractivity contribution >= 4 is 11.0 Å². The molecular formula is C18H17N7O. The van der Waals surface area contributed by atoms with Crippen LogP contribution in [0.25, 0.3) is 22.4 Å². The molecule has 0 amide bonds. The number of fused-ring (bicyclic) bond motifs is 2. The van der Waals surface area contributed by atoms with Crippen molar-refractivity contribution in [3.05, 3.63) is 53.2 Å².